The highest BCUT2D eigenvalue weighted by atomic mass is 16.1. The van der Waals surface area contributed by atoms with Crippen molar-refractivity contribution in [2.24, 2.45) is 11.3 Å². The number of carbonyl (C=O) groups is 1. The SMILES string of the molecule is C[C@@H]1CC(=O)NCC12CCC2. The van der Waals surface area contributed by atoms with Crippen LogP contribution in [0.25, 0.3) is 0 Å². The number of hydrogen-bond acceptors (Lipinski definition) is 1. The van der Waals surface area contributed by atoms with Crippen molar-refractivity contribution in [3.63, 3.8) is 0 Å². The van der Waals surface area contributed by atoms with E-state index >= 15 is 0 Å². The Labute approximate surface area is 67.4 Å². The first-order chi connectivity index (χ1) is 5.23. The van der Waals surface area contributed by atoms with Crippen molar-refractivity contribution >= 4 is 5.91 Å². The van der Waals surface area contributed by atoms with Crippen molar-refractivity contribution in [1.82, 2.24) is 5.32 Å². The summed E-state index contributed by atoms with van der Waals surface area (Å²) in [6, 6.07) is 0. The Morgan fingerprint density at radius 2 is 2.27 bits per heavy atom. The number of rotatable bonds is 0. The van der Waals surface area contributed by atoms with Gasteiger partial charge in [-0.1, -0.05) is 13.3 Å². The zero-order valence-electron chi connectivity index (χ0n) is 7.02. The Morgan fingerprint density at radius 3 is 2.73 bits per heavy atom. The van der Waals surface area contributed by atoms with Crippen LogP contribution in [0.3, 0.4) is 0 Å². The van der Waals surface area contributed by atoms with E-state index in [1.165, 1.54) is 19.3 Å². The molecule has 1 saturated carbocycles. The molecule has 1 N–H and O–H groups in total. The lowest BCUT2D eigenvalue weighted by molar-refractivity contribution is -0.129. The van der Waals surface area contributed by atoms with Gasteiger partial charge in [0.15, 0.2) is 0 Å². The van der Waals surface area contributed by atoms with Crippen LogP contribution in [-0.2, 0) is 4.79 Å². The quantitative estimate of drug-likeness (QED) is 0.558. The van der Waals surface area contributed by atoms with Crippen molar-refractivity contribution < 1.29 is 4.79 Å². The zero-order valence-corrected chi connectivity index (χ0v) is 7.02. The Balaban J connectivity index is 2.06. The van der Waals surface area contributed by atoms with Gasteiger partial charge in [-0.25, -0.2) is 0 Å². The van der Waals surface area contributed by atoms with Crippen LogP contribution in [0.1, 0.15) is 32.6 Å². The molecule has 62 valence electrons. The van der Waals surface area contributed by atoms with E-state index in [9.17, 15) is 4.79 Å². The van der Waals surface area contributed by atoms with Gasteiger partial charge in [0.2, 0.25) is 5.91 Å². The van der Waals surface area contributed by atoms with Gasteiger partial charge in [-0.2, -0.15) is 0 Å². The van der Waals surface area contributed by atoms with E-state index in [4.69, 9.17) is 0 Å². The minimum atomic E-state index is 0.245. The third kappa shape index (κ3) is 0.959. The van der Waals surface area contributed by atoms with Crippen molar-refractivity contribution in [3.05, 3.63) is 0 Å². The average molecular weight is 153 g/mol. The second-order valence-electron chi connectivity index (χ2n) is 4.10. The maximum Gasteiger partial charge on any atom is 0.220 e. The lowest BCUT2D eigenvalue weighted by Crippen LogP contribution is -2.51. The number of nitrogens with one attached hydrogen (secondary N) is 1. The summed E-state index contributed by atoms with van der Waals surface area (Å²) in [5.74, 6) is 0.861. The fourth-order valence-electron chi connectivity index (χ4n) is 2.32. The Morgan fingerprint density at radius 1 is 1.55 bits per heavy atom. The molecule has 0 bridgehead atoms. The monoisotopic (exact) mass is 153 g/mol. The topological polar surface area (TPSA) is 29.1 Å². The van der Waals surface area contributed by atoms with Gasteiger partial charge in [0, 0.05) is 13.0 Å². The third-order valence-electron chi connectivity index (χ3n) is 3.52. The molecule has 2 fully saturated rings. The van der Waals surface area contributed by atoms with Gasteiger partial charge in [-0.05, 0) is 24.2 Å². The van der Waals surface area contributed by atoms with Gasteiger partial charge in [-0.15, -0.1) is 0 Å². The van der Waals surface area contributed by atoms with E-state index in [0.29, 0.717) is 11.3 Å². The standard InChI is InChI=1S/C9H15NO/c1-7-5-8(11)10-6-9(7)3-2-4-9/h7H,2-6H2,1H3,(H,10,11)/t7-/m1/s1. The summed E-state index contributed by atoms with van der Waals surface area (Å²) in [5.41, 5.74) is 0.508. The molecule has 2 aliphatic rings. The molecular weight excluding hydrogens is 138 g/mol. The zero-order chi connectivity index (χ0) is 7.90. The molecule has 1 amide bonds. The van der Waals surface area contributed by atoms with Crippen molar-refractivity contribution in [2.75, 3.05) is 6.54 Å². The van der Waals surface area contributed by atoms with Gasteiger partial charge < -0.3 is 5.32 Å². The van der Waals surface area contributed by atoms with Crippen LogP contribution < -0.4 is 5.32 Å². The predicted octanol–water partition coefficient (Wildman–Crippen LogP) is 1.31. The Hall–Kier alpha value is -0.530. The first-order valence-electron chi connectivity index (χ1n) is 4.50. The minimum absolute atomic E-state index is 0.245. The smallest absolute Gasteiger partial charge is 0.220 e. The van der Waals surface area contributed by atoms with Crippen LogP contribution in [0.5, 0.6) is 0 Å². The van der Waals surface area contributed by atoms with Crippen molar-refractivity contribution in [2.45, 2.75) is 32.6 Å². The highest BCUT2D eigenvalue weighted by Gasteiger charge is 2.44. The molecule has 1 spiro atoms. The van der Waals surface area contributed by atoms with Crippen LogP contribution in [0.4, 0.5) is 0 Å². The molecule has 0 aromatic rings. The van der Waals surface area contributed by atoms with E-state index < -0.39 is 0 Å². The number of amides is 1. The molecule has 1 heterocycles. The first-order valence-corrected chi connectivity index (χ1v) is 4.50. The molecule has 2 rings (SSSR count). The van der Waals surface area contributed by atoms with Crippen LogP contribution in [0.15, 0.2) is 0 Å². The van der Waals surface area contributed by atoms with Gasteiger partial charge in [0.1, 0.15) is 0 Å². The summed E-state index contributed by atoms with van der Waals surface area (Å²) < 4.78 is 0. The molecule has 0 aromatic heterocycles. The number of hydrogen-bond donors (Lipinski definition) is 1. The normalized spacial score (nSPS) is 34.6. The van der Waals surface area contributed by atoms with E-state index in [1.807, 2.05) is 0 Å². The lowest BCUT2D eigenvalue weighted by Gasteiger charge is -2.49. The first kappa shape index (κ1) is 7.14. The van der Waals surface area contributed by atoms with E-state index in [1.54, 1.807) is 0 Å². The molecule has 0 aromatic carbocycles. The predicted molar refractivity (Wildman–Crippen MR) is 43.1 cm³/mol. The Bertz CT molecular complexity index is 184. The highest BCUT2D eigenvalue weighted by molar-refractivity contribution is 5.77. The minimum Gasteiger partial charge on any atom is -0.356 e. The van der Waals surface area contributed by atoms with Crippen molar-refractivity contribution in [3.8, 4) is 0 Å². The van der Waals surface area contributed by atoms with Gasteiger partial charge in [0.25, 0.3) is 0 Å². The summed E-state index contributed by atoms with van der Waals surface area (Å²) in [6.45, 7) is 3.16. The molecule has 1 saturated heterocycles. The molecule has 1 aliphatic heterocycles. The summed E-state index contributed by atoms with van der Waals surface area (Å²) in [4.78, 5) is 11.0. The van der Waals surface area contributed by atoms with Crippen molar-refractivity contribution in [1.29, 1.82) is 0 Å². The molecule has 2 heteroatoms. The van der Waals surface area contributed by atoms with E-state index in [2.05, 4.69) is 12.2 Å². The highest BCUT2D eigenvalue weighted by Crippen LogP contribution is 2.49. The van der Waals surface area contributed by atoms with Crippen LogP contribution >= 0.6 is 0 Å². The molecule has 11 heavy (non-hydrogen) atoms. The van der Waals surface area contributed by atoms with Crippen LogP contribution in [-0.4, -0.2) is 12.5 Å². The summed E-state index contributed by atoms with van der Waals surface area (Å²) in [7, 11) is 0. The van der Waals surface area contributed by atoms with E-state index in [-0.39, 0.29) is 5.91 Å². The van der Waals surface area contributed by atoms with Gasteiger partial charge in [0.05, 0.1) is 0 Å². The number of piperidine rings is 1. The molecule has 2 nitrogen and oxygen atoms in total. The maximum atomic E-state index is 11.0. The molecule has 1 aliphatic carbocycles. The van der Waals surface area contributed by atoms with Crippen LogP contribution in [0.2, 0.25) is 0 Å². The van der Waals surface area contributed by atoms with Gasteiger partial charge in [-0.3, -0.25) is 4.79 Å². The fraction of sp³-hybridized carbons (Fsp3) is 0.889. The largest absolute Gasteiger partial charge is 0.356 e. The molecular formula is C9H15NO. The molecule has 0 radical (unpaired) electrons. The maximum absolute atomic E-state index is 11.0. The second kappa shape index (κ2) is 2.23. The second-order valence-corrected chi connectivity index (χ2v) is 4.10. The third-order valence-corrected chi connectivity index (χ3v) is 3.52. The average Bonchev–Trinajstić information content (AvgIpc) is 1.84. The summed E-state index contributed by atoms with van der Waals surface area (Å²) in [6.07, 6.45) is 4.77. The number of carbonyl (C=O) groups excluding carboxylic acids is 1. The molecule has 0 unspecified atom stereocenters. The Kier molecular flexibility index (Phi) is 1.44. The lowest BCUT2D eigenvalue weighted by atomic mass is 9.59. The summed E-state index contributed by atoms with van der Waals surface area (Å²) >= 11 is 0. The van der Waals surface area contributed by atoms with Gasteiger partial charge >= 0.3 is 0 Å². The summed E-state index contributed by atoms with van der Waals surface area (Å²) in [5, 5.41) is 2.97. The fourth-order valence-corrected chi connectivity index (χ4v) is 2.32. The van der Waals surface area contributed by atoms with Crippen LogP contribution in [0, 0.1) is 11.3 Å². The molecule has 1 atom stereocenters. The van der Waals surface area contributed by atoms with E-state index in [0.717, 1.165) is 13.0 Å².